The smallest absolute Gasteiger partial charge is 0.352 e. The normalized spacial score (nSPS) is 10.0. The SMILES string of the molecule is O=C(Cn1cccc1C(=O)O)Nc1ccncc1. The fourth-order valence-electron chi connectivity index (χ4n) is 1.54. The lowest BCUT2D eigenvalue weighted by Crippen LogP contribution is -2.20. The lowest BCUT2D eigenvalue weighted by molar-refractivity contribution is -0.116. The highest BCUT2D eigenvalue weighted by atomic mass is 16.4. The summed E-state index contributed by atoms with van der Waals surface area (Å²) < 4.78 is 1.37. The molecule has 18 heavy (non-hydrogen) atoms. The molecule has 0 aliphatic carbocycles. The zero-order chi connectivity index (χ0) is 13.0. The van der Waals surface area contributed by atoms with E-state index in [1.807, 2.05) is 0 Å². The molecule has 0 spiro atoms. The molecule has 0 fully saturated rings. The molecule has 2 rings (SSSR count). The highest BCUT2D eigenvalue weighted by Gasteiger charge is 2.11. The second-order valence-electron chi connectivity index (χ2n) is 3.61. The van der Waals surface area contributed by atoms with E-state index >= 15 is 0 Å². The fraction of sp³-hybridized carbons (Fsp3) is 0.0833. The molecule has 0 unspecified atom stereocenters. The number of carbonyl (C=O) groups is 2. The minimum absolute atomic E-state index is 0.0447. The predicted molar refractivity (Wildman–Crippen MR) is 64.3 cm³/mol. The summed E-state index contributed by atoms with van der Waals surface area (Å²) in [5.74, 6) is -1.35. The first-order valence-corrected chi connectivity index (χ1v) is 5.25. The van der Waals surface area contributed by atoms with Gasteiger partial charge in [0.2, 0.25) is 5.91 Å². The monoisotopic (exact) mass is 245 g/mol. The van der Waals surface area contributed by atoms with Gasteiger partial charge in [0.05, 0.1) is 0 Å². The van der Waals surface area contributed by atoms with Crippen LogP contribution in [0.25, 0.3) is 0 Å². The van der Waals surface area contributed by atoms with Crippen molar-refractivity contribution >= 4 is 17.6 Å². The van der Waals surface area contributed by atoms with Gasteiger partial charge in [-0.15, -0.1) is 0 Å². The summed E-state index contributed by atoms with van der Waals surface area (Å²) in [4.78, 5) is 26.4. The Morgan fingerprint density at radius 1 is 1.28 bits per heavy atom. The van der Waals surface area contributed by atoms with Gasteiger partial charge in [0.1, 0.15) is 12.2 Å². The van der Waals surface area contributed by atoms with Crippen LogP contribution in [0, 0.1) is 0 Å². The Hall–Kier alpha value is -2.63. The van der Waals surface area contributed by atoms with Crippen molar-refractivity contribution in [1.82, 2.24) is 9.55 Å². The van der Waals surface area contributed by atoms with Crippen LogP contribution in [0.2, 0.25) is 0 Å². The molecule has 0 saturated carbocycles. The van der Waals surface area contributed by atoms with Crippen molar-refractivity contribution in [1.29, 1.82) is 0 Å². The van der Waals surface area contributed by atoms with Gasteiger partial charge in [-0.25, -0.2) is 4.79 Å². The van der Waals surface area contributed by atoms with Crippen LogP contribution in [0.15, 0.2) is 42.9 Å². The molecule has 2 aromatic rings. The van der Waals surface area contributed by atoms with Crippen LogP contribution in [0.4, 0.5) is 5.69 Å². The summed E-state index contributed by atoms with van der Waals surface area (Å²) in [6.07, 6.45) is 4.68. The maximum atomic E-state index is 11.7. The number of carboxylic acid groups (broad SMARTS) is 1. The third-order valence-corrected chi connectivity index (χ3v) is 2.33. The summed E-state index contributed by atoms with van der Waals surface area (Å²) in [5.41, 5.74) is 0.707. The van der Waals surface area contributed by atoms with Crippen molar-refractivity contribution in [3.8, 4) is 0 Å². The van der Waals surface area contributed by atoms with Gasteiger partial charge in [0, 0.05) is 24.3 Å². The molecule has 1 amide bonds. The van der Waals surface area contributed by atoms with E-state index < -0.39 is 5.97 Å². The Kier molecular flexibility index (Phi) is 3.38. The zero-order valence-corrected chi connectivity index (χ0v) is 9.41. The molecule has 2 N–H and O–H groups in total. The second kappa shape index (κ2) is 5.13. The van der Waals surface area contributed by atoms with Crippen LogP contribution in [0.1, 0.15) is 10.5 Å². The average molecular weight is 245 g/mol. The summed E-state index contributed by atoms with van der Waals surface area (Å²) in [6, 6.07) is 6.35. The molecule has 2 aromatic heterocycles. The third kappa shape index (κ3) is 2.73. The van der Waals surface area contributed by atoms with Crippen LogP contribution in [-0.2, 0) is 11.3 Å². The minimum atomic E-state index is -1.06. The number of anilines is 1. The number of aromatic carboxylic acids is 1. The van der Waals surface area contributed by atoms with Crippen LogP contribution < -0.4 is 5.32 Å². The molecular weight excluding hydrogens is 234 g/mol. The average Bonchev–Trinajstić information content (AvgIpc) is 2.78. The number of carboxylic acids is 1. The fourth-order valence-corrected chi connectivity index (χ4v) is 1.54. The van der Waals surface area contributed by atoms with Gasteiger partial charge < -0.3 is 15.0 Å². The number of aromatic nitrogens is 2. The van der Waals surface area contributed by atoms with Crippen LogP contribution in [0.3, 0.4) is 0 Å². The summed E-state index contributed by atoms with van der Waals surface area (Å²) >= 11 is 0. The van der Waals surface area contributed by atoms with Gasteiger partial charge in [-0.05, 0) is 24.3 Å². The topological polar surface area (TPSA) is 84.2 Å². The molecule has 0 aliphatic heterocycles. The van der Waals surface area contributed by atoms with Gasteiger partial charge in [0.15, 0.2) is 0 Å². The maximum absolute atomic E-state index is 11.7. The van der Waals surface area contributed by atoms with E-state index in [4.69, 9.17) is 5.11 Å². The number of nitrogens with zero attached hydrogens (tertiary/aromatic N) is 2. The largest absolute Gasteiger partial charge is 0.477 e. The van der Waals surface area contributed by atoms with E-state index in [0.29, 0.717) is 5.69 Å². The first-order chi connectivity index (χ1) is 8.66. The number of pyridine rings is 1. The number of hydrogen-bond acceptors (Lipinski definition) is 3. The van der Waals surface area contributed by atoms with Gasteiger partial charge >= 0.3 is 5.97 Å². The van der Waals surface area contributed by atoms with Crippen LogP contribution in [0.5, 0.6) is 0 Å². The number of amides is 1. The van der Waals surface area contributed by atoms with Crippen molar-refractivity contribution in [2.75, 3.05) is 5.32 Å². The number of rotatable bonds is 4. The van der Waals surface area contributed by atoms with E-state index in [1.54, 1.807) is 36.8 Å². The van der Waals surface area contributed by atoms with Crippen LogP contribution >= 0.6 is 0 Å². The lowest BCUT2D eigenvalue weighted by Gasteiger charge is -2.07. The molecule has 0 atom stereocenters. The van der Waals surface area contributed by atoms with Gasteiger partial charge in [-0.3, -0.25) is 9.78 Å². The number of nitrogens with one attached hydrogen (secondary N) is 1. The predicted octanol–water partition coefficient (Wildman–Crippen LogP) is 1.22. The number of carbonyl (C=O) groups excluding carboxylic acids is 1. The summed E-state index contributed by atoms with van der Waals surface area (Å²) in [7, 11) is 0. The summed E-state index contributed by atoms with van der Waals surface area (Å²) in [5, 5.41) is 11.5. The van der Waals surface area contributed by atoms with Crippen molar-refractivity contribution in [2.45, 2.75) is 6.54 Å². The van der Waals surface area contributed by atoms with Crippen LogP contribution in [-0.4, -0.2) is 26.5 Å². The van der Waals surface area contributed by atoms with Gasteiger partial charge in [0.25, 0.3) is 0 Å². The molecule has 0 bridgehead atoms. The molecule has 92 valence electrons. The molecule has 0 saturated heterocycles. The minimum Gasteiger partial charge on any atom is -0.477 e. The maximum Gasteiger partial charge on any atom is 0.352 e. The van der Waals surface area contributed by atoms with E-state index in [0.717, 1.165) is 0 Å². The van der Waals surface area contributed by atoms with E-state index in [2.05, 4.69) is 10.3 Å². The Morgan fingerprint density at radius 2 is 2.00 bits per heavy atom. The Morgan fingerprint density at radius 3 is 2.67 bits per heavy atom. The van der Waals surface area contributed by atoms with Gasteiger partial charge in [-0.2, -0.15) is 0 Å². The molecular formula is C12H11N3O3. The van der Waals surface area contributed by atoms with Gasteiger partial charge in [-0.1, -0.05) is 0 Å². The quantitative estimate of drug-likeness (QED) is 0.848. The van der Waals surface area contributed by atoms with E-state index in [-0.39, 0.29) is 18.1 Å². The molecule has 0 aromatic carbocycles. The van der Waals surface area contributed by atoms with Crippen molar-refractivity contribution in [3.05, 3.63) is 48.5 Å². The van der Waals surface area contributed by atoms with Crippen molar-refractivity contribution < 1.29 is 14.7 Å². The molecule has 2 heterocycles. The zero-order valence-electron chi connectivity index (χ0n) is 9.41. The molecule has 6 heteroatoms. The standard InChI is InChI=1S/C12H11N3O3/c16-11(14-9-3-5-13-6-4-9)8-15-7-1-2-10(15)12(17)18/h1-7H,8H2,(H,17,18)(H,13,14,16). The highest BCUT2D eigenvalue weighted by molar-refractivity contribution is 5.92. The first kappa shape index (κ1) is 11.8. The molecule has 0 radical (unpaired) electrons. The molecule has 6 nitrogen and oxygen atoms in total. The highest BCUT2D eigenvalue weighted by Crippen LogP contribution is 2.06. The van der Waals surface area contributed by atoms with E-state index in [1.165, 1.54) is 10.6 Å². The number of hydrogen-bond donors (Lipinski definition) is 2. The Labute approximate surface area is 103 Å². The summed E-state index contributed by atoms with van der Waals surface area (Å²) in [6.45, 7) is -0.0447. The molecule has 0 aliphatic rings. The van der Waals surface area contributed by atoms with E-state index in [9.17, 15) is 9.59 Å². The Bertz CT molecular complexity index is 563. The van der Waals surface area contributed by atoms with Crippen molar-refractivity contribution in [2.24, 2.45) is 0 Å². The first-order valence-electron chi connectivity index (χ1n) is 5.25. The van der Waals surface area contributed by atoms with Crippen molar-refractivity contribution in [3.63, 3.8) is 0 Å². The lowest BCUT2D eigenvalue weighted by atomic mass is 10.4. The second-order valence-corrected chi connectivity index (χ2v) is 3.61. The Balaban J connectivity index is 2.04. The third-order valence-electron chi connectivity index (χ3n) is 2.33.